The van der Waals surface area contributed by atoms with Gasteiger partial charge in [0.2, 0.25) is 4.52 Å². The molecule has 0 aliphatic heterocycles. The Bertz CT molecular complexity index is 38.5. The van der Waals surface area contributed by atoms with Crippen molar-refractivity contribution in [2.75, 3.05) is 5.88 Å². The van der Waals surface area contributed by atoms with Gasteiger partial charge >= 0.3 is 0 Å². The molecule has 0 fully saturated rings. The molecule has 1 nitrogen and oxygen atoms in total. The number of alkyl halides is 3. The van der Waals surface area contributed by atoms with E-state index < -0.39 is 4.52 Å². The van der Waals surface area contributed by atoms with Crippen molar-refractivity contribution < 1.29 is 5.11 Å². The van der Waals surface area contributed by atoms with E-state index in [2.05, 4.69) is 0 Å². The summed E-state index contributed by atoms with van der Waals surface area (Å²) in [6.45, 7) is 0. The fourth-order valence-corrected chi connectivity index (χ4v) is 0. The average Bonchev–Trinajstić information content (AvgIpc) is 1.35. The Balaban J connectivity index is 3.17. The zero-order valence-electron chi connectivity index (χ0n) is 2.79. The first-order chi connectivity index (χ1) is 2.56. The predicted octanol–water partition coefficient (Wildman–Crippen LogP) is 1.35. The average molecular weight is 149 g/mol. The summed E-state index contributed by atoms with van der Waals surface area (Å²) in [5.41, 5.74) is 0. The molecule has 0 saturated heterocycles. The van der Waals surface area contributed by atoms with Gasteiger partial charge in [0.1, 0.15) is 0 Å². The maximum absolute atomic E-state index is 8.23. The van der Waals surface area contributed by atoms with Crippen molar-refractivity contribution in [2.24, 2.45) is 0 Å². The van der Waals surface area contributed by atoms with E-state index in [1.165, 1.54) is 0 Å². The van der Waals surface area contributed by atoms with E-state index in [-0.39, 0.29) is 5.88 Å². The van der Waals surface area contributed by atoms with Crippen LogP contribution in [0.1, 0.15) is 0 Å². The lowest BCUT2D eigenvalue weighted by molar-refractivity contribution is 0.239. The summed E-state index contributed by atoms with van der Waals surface area (Å²) in [5.74, 6) is -0.171. The highest BCUT2D eigenvalue weighted by atomic mass is 35.5. The van der Waals surface area contributed by atoms with E-state index >= 15 is 0 Å². The molecule has 0 aromatic rings. The Morgan fingerprint density at radius 3 is 1.67 bits per heavy atom. The highest BCUT2D eigenvalue weighted by molar-refractivity contribution is 6.50. The van der Waals surface area contributed by atoms with E-state index in [1.807, 2.05) is 0 Å². The van der Waals surface area contributed by atoms with Crippen molar-refractivity contribution in [1.82, 2.24) is 0 Å². The smallest absolute Gasteiger partial charge is 0.228 e. The van der Waals surface area contributed by atoms with Crippen LogP contribution < -0.4 is 0 Å². The Morgan fingerprint density at radius 1 is 1.50 bits per heavy atom. The van der Waals surface area contributed by atoms with E-state index in [4.69, 9.17) is 39.9 Å². The number of aliphatic hydroxyl groups is 1. The predicted molar refractivity (Wildman–Crippen MR) is 27.4 cm³/mol. The molecule has 0 saturated carbocycles. The van der Waals surface area contributed by atoms with Gasteiger partial charge in [0, 0.05) is 0 Å². The van der Waals surface area contributed by atoms with Gasteiger partial charge in [-0.3, -0.25) is 0 Å². The van der Waals surface area contributed by atoms with Crippen LogP contribution in [0.3, 0.4) is 0 Å². The summed E-state index contributed by atoms with van der Waals surface area (Å²) in [4.78, 5) is 0. The zero-order valence-corrected chi connectivity index (χ0v) is 5.06. The molecule has 6 heavy (non-hydrogen) atoms. The molecule has 0 amide bonds. The van der Waals surface area contributed by atoms with E-state index in [9.17, 15) is 0 Å². The SMILES string of the molecule is OC(Cl)(Cl)CCl. The third-order valence-corrected chi connectivity index (χ3v) is 1.09. The Labute approximate surface area is 50.8 Å². The summed E-state index contributed by atoms with van der Waals surface area (Å²) in [6.07, 6.45) is 0. The quantitative estimate of drug-likeness (QED) is 0.558. The molecule has 0 aliphatic rings. The first-order valence-corrected chi connectivity index (χ1v) is 2.51. The van der Waals surface area contributed by atoms with Crippen LogP contribution >= 0.6 is 34.8 Å². The first kappa shape index (κ1) is 6.83. The summed E-state index contributed by atoms with van der Waals surface area (Å²) in [7, 11) is 0. The molecule has 0 atom stereocenters. The molecule has 0 unspecified atom stereocenters. The van der Waals surface area contributed by atoms with Crippen LogP contribution in [0.25, 0.3) is 0 Å². The second-order valence-corrected chi connectivity index (χ2v) is 2.51. The van der Waals surface area contributed by atoms with Crippen LogP contribution in [0.5, 0.6) is 0 Å². The first-order valence-electron chi connectivity index (χ1n) is 1.22. The highest BCUT2D eigenvalue weighted by Gasteiger charge is 2.15. The molecule has 0 radical (unpaired) electrons. The molecule has 0 bridgehead atoms. The van der Waals surface area contributed by atoms with Gasteiger partial charge in [0.05, 0.1) is 5.88 Å². The van der Waals surface area contributed by atoms with Crippen LogP contribution in [-0.2, 0) is 0 Å². The van der Waals surface area contributed by atoms with Crippen LogP contribution in [0, 0.1) is 0 Å². The van der Waals surface area contributed by atoms with Crippen LogP contribution in [0.15, 0.2) is 0 Å². The summed E-state index contributed by atoms with van der Waals surface area (Å²) in [6, 6.07) is 0. The van der Waals surface area contributed by atoms with Crippen molar-refractivity contribution >= 4 is 34.8 Å². The molecule has 0 aliphatic carbocycles. The zero-order chi connectivity index (χ0) is 5.21. The van der Waals surface area contributed by atoms with Gasteiger partial charge in [-0.2, -0.15) is 0 Å². The van der Waals surface area contributed by atoms with Crippen molar-refractivity contribution in [2.45, 2.75) is 4.52 Å². The number of halogens is 3. The minimum Gasteiger partial charge on any atom is -0.362 e. The van der Waals surface area contributed by atoms with Crippen LogP contribution in [0.2, 0.25) is 0 Å². The number of hydrogen-bond donors (Lipinski definition) is 1. The van der Waals surface area contributed by atoms with Crippen LogP contribution in [0.4, 0.5) is 0 Å². The monoisotopic (exact) mass is 148 g/mol. The molecule has 38 valence electrons. The van der Waals surface area contributed by atoms with Crippen molar-refractivity contribution in [3.8, 4) is 0 Å². The van der Waals surface area contributed by atoms with E-state index in [1.54, 1.807) is 0 Å². The molecule has 4 heteroatoms. The van der Waals surface area contributed by atoms with Gasteiger partial charge in [0.15, 0.2) is 0 Å². The van der Waals surface area contributed by atoms with E-state index in [0.717, 1.165) is 0 Å². The molecular weight excluding hydrogens is 146 g/mol. The van der Waals surface area contributed by atoms with Crippen molar-refractivity contribution in [3.05, 3.63) is 0 Å². The van der Waals surface area contributed by atoms with E-state index in [0.29, 0.717) is 0 Å². The lowest BCUT2D eigenvalue weighted by Gasteiger charge is -2.03. The third-order valence-electron chi connectivity index (χ3n) is 0.161. The second kappa shape index (κ2) is 2.22. The number of rotatable bonds is 1. The lowest BCUT2D eigenvalue weighted by atomic mass is 10.8. The molecule has 0 spiro atoms. The van der Waals surface area contributed by atoms with Crippen molar-refractivity contribution in [3.63, 3.8) is 0 Å². The van der Waals surface area contributed by atoms with Crippen molar-refractivity contribution in [1.29, 1.82) is 0 Å². The fourth-order valence-electron chi connectivity index (χ4n) is 0. The molecular formula is C2H3Cl3O. The number of hydrogen-bond acceptors (Lipinski definition) is 1. The Kier molecular flexibility index (Phi) is 2.53. The fraction of sp³-hybridized carbons (Fsp3) is 1.00. The summed E-state index contributed by atoms with van der Waals surface area (Å²) >= 11 is 14.8. The second-order valence-electron chi connectivity index (χ2n) is 0.799. The maximum atomic E-state index is 8.23. The molecule has 0 aromatic carbocycles. The Morgan fingerprint density at radius 2 is 1.67 bits per heavy atom. The van der Waals surface area contributed by atoms with Gasteiger partial charge < -0.3 is 5.11 Å². The molecule has 0 aromatic heterocycles. The van der Waals surface area contributed by atoms with Gasteiger partial charge in [-0.15, -0.1) is 11.6 Å². The molecule has 1 N–H and O–H groups in total. The van der Waals surface area contributed by atoms with Gasteiger partial charge in [-0.25, -0.2) is 0 Å². The van der Waals surface area contributed by atoms with Crippen LogP contribution in [-0.4, -0.2) is 15.5 Å². The Hall–Kier alpha value is 0.830. The van der Waals surface area contributed by atoms with Gasteiger partial charge in [0.25, 0.3) is 0 Å². The minimum atomic E-state index is -1.75. The normalized spacial score (nSPS) is 12.0. The molecule has 0 rings (SSSR count). The third kappa shape index (κ3) is 4.83. The standard InChI is InChI=1S/C2H3Cl3O/c3-1-2(4,5)6/h6H,1H2. The highest BCUT2D eigenvalue weighted by Crippen LogP contribution is 2.16. The molecule has 0 heterocycles. The van der Waals surface area contributed by atoms with Gasteiger partial charge in [-0.1, -0.05) is 23.2 Å². The van der Waals surface area contributed by atoms with Gasteiger partial charge in [-0.05, 0) is 0 Å². The topological polar surface area (TPSA) is 20.2 Å². The summed E-state index contributed by atoms with van der Waals surface area (Å²) < 4.78 is -1.75. The summed E-state index contributed by atoms with van der Waals surface area (Å²) in [5, 5.41) is 8.23. The minimum absolute atomic E-state index is 0.171. The maximum Gasteiger partial charge on any atom is 0.228 e. The lowest BCUT2D eigenvalue weighted by Crippen LogP contribution is -2.11. The largest absolute Gasteiger partial charge is 0.362 e.